The minimum atomic E-state index is 0.920. The number of rotatable bonds is 1. The Kier molecular flexibility index (Phi) is 5.52. The van der Waals surface area contributed by atoms with E-state index in [2.05, 4.69) is 61.0 Å². The number of benzene rings is 2. The van der Waals surface area contributed by atoms with Crippen molar-refractivity contribution in [3.8, 4) is 11.1 Å². The molecule has 2 heteroatoms. The van der Waals surface area contributed by atoms with Crippen molar-refractivity contribution in [3.05, 3.63) is 85.6 Å². The second-order valence-corrected chi connectivity index (χ2v) is 8.57. The zero-order chi connectivity index (χ0) is 18.8. The van der Waals surface area contributed by atoms with Gasteiger partial charge in [-0.05, 0) is 101 Å². The highest BCUT2D eigenvalue weighted by Crippen LogP contribution is 2.41. The first-order valence-corrected chi connectivity index (χ1v) is 11.1. The van der Waals surface area contributed by atoms with Crippen molar-refractivity contribution in [3.63, 3.8) is 0 Å². The fraction of sp³-hybridized carbons (Fsp3) is 0.280. The minimum Gasteiger partial charge on any atom is -0.152 e. The Hall–Kier alpha value is -1.83. The van der Waals surface area contributed by atoms with Gasteiger partial charge in [0.1, 0.15) is 0 Å². The standard InChI is InChI=1S/C20H19Cl.C5H6S/c1-2-13-6-8-15-14(12-13)7-9-18-16-4-3-5-20(21)19(16)11-10-17(15)18;1-5-2-3-6-4-5/h3-5,7,9,12H,2,6,8,10-11H2,1H3;2-4H,1H3. The molecule has 138 valence electrons. The first-order valence-electron chi connectivity index (χ1n) is 9.78. The zero-order valence-corrected chi connectivity index (χ0v) is 17.6. The van der Waals surface area contributed by atoms with Gasteiger partial charge in [0, 0.05) is 5.02 Å². The highest BCUT2D eigenvalue weighted by atomic mass is 35.5. The third-order valence-electron chi connectivity index (χ3n) is 5.67. The van der Waals surface area contributed by atoms with Crippen LogP contribution in [0.3, 0.4) is 0 Å². The Morgan fingerprint density at radius 2 is 1.67 bits per heavy atom. The lowest BCUT2D eigenvalue weighted by Gasteiger charge is -2.27. The highest BCUT2D eigenvalue weighted by molar-refractivity contribution is 7.07. The molecule has 0 bridgehead atoms. The number of fused-ring (bicyclic) bond motifs is 5. The van der Waals surface area contributed by atoms with Crippen molar-refractivity contribution in [1.29, 1.82) is 0 Å². The molecule has 0 aliphatic heterocycles. The molecule has 5 rings (SSSR count). The lowest BCUT2D eigenvalue weighted by atomic mass is 9.78. The van der Waals surface area contributed by atoms with Crippen LogP contribution in [0.15, 0.2) is 52.7 Å². The lowest BCUT2D eigenvalue weighted by Crippen LogP contribution is -2.11. The summed E-state index contributed by atoms with van der Waals surface area (Å²) in [6.45, 7) is 4.35. The predicted molar refractivity (Wildman–Crippen MR) is 120 cm³/mol. The molecule has 0 N–H and O–H groups in total. The van der Waals surface area contributed by atoms with Crippen molar-refractivity contribution in [2.24, 2.45) is 0 Å². The molecule has 0 spiro atoms. The number of halogens is 1. The van der Waals surface area contributed by atoms with Gasteiger partial charge in [-0.3, -0.25) is 0 Å². The van der Waals surface area contributed by atoms with E-state index in [1.165, 1.54) is 47.1 Å². The molecule has 0 nitrogen and oxygen atoms in total. The number of hydrogen-bond donors (Lipinski definition) is 0. The smallest absolute Gasteiger partial charge is 0.0444 e. The van der Waals surface area contributed by atoms with Crippen LogP contribution in [0, 0.1) is 6.92 Å². The fourth-order valence-electron chi connectivity index (χ4n) is 4.18. The Bertz CT molecular complexity index is 980. The zero-order valence-electron chi connectivity index (χ0n) is 16.0. The van der Waals surface area contributed by atoms with Gasteiger partial charge < -0.3 is 0 Å². The minimum absolute atomic E-state index is 0.920. The van der Waals surface area contributed by atoms with Gasteiger partial charge in [-0.15, -0.1) is 0 Å². The van der Waals surface area contributed by atoms with E-state index in [1.807, 2.05) is 6.07 Å². The monoisotopic (exact) mass is 392 g/mol. The summed E-state index contributed by atoms with van der Waals surface area (Å²) in [4.78, 5) is 0. The molecule has 0 unspecified atom stereocenters. The van der Waals surface area contributed by atoms with Crippen LogP contribution in [0.1, 0.15) is 47.6 Å². The van der Waals surface area contributed by atoms with Crippen LogP contribution in [-0.2, 0) is 19.3 Å². The van der Waals surface area contributed by atoms with Crippen molar-refractivity contribution in [2.75, 3.05) is 0 Å². The number of aryl methyl sites for hydroxylation is 1. The van der Waals surface area contributed by atoms with Crippen molar-refractivity contribution in [2.45, 2.75) is 46.0 Å². The van der Waals surface area contributed by atoms with Gasteiger partial charge in [0.15, 0.2) is 0 Å². The van der Waals surface area contributed by atoms with E-state index in [9.17, 15) is 0 Å². The SMILES string of the molecule is CCC1=Cc2ccc3c(c2CC1)CCc1c(Cl)cccc1-3.Cc1ccsc1. The normalized spacial score (nSPS) is 14.3. The van der Waals surface area contributed by atoms with Gasteiger partial charge in [-0.1, -0.05) is 54.4 Å². The first kappa shape index (κ1) is 18.5. The van der Waals surface area contributed by atoms with Crippen molar-refractivity contribution in [1.82, 2.24) is 0 Å². The van der Waals surface area contributed by atoms with Crippen LogP contribution in [0.4, 0.5) is 0 Å². The van der Waals surface area contributed by atoms with Crippen LogP contribution in [0.2, 0.25) is 5.02 Å². The largest absolute Gasteiger partial charge is 0.152 e. The van der Waals surface area contributed by atoms with Gasteiger partial charge >= 0.3 is 0 Å². The summed E-state index contributed by atoms with van der Waals surface area (Å²) in [5, 5.41) is 5.12. The van der Waals surface area contributed by atoms with Gasteiger partial charge in [-0.25, -0.2) is 0 Å². The van der Waals surface area contributed by atoms with Gasteiger partial charge in [0.05, 0.1) is 0 Å². The number of thiophene rings is 1. The lowest BCUT2D eigenvalue weighted by molar-refractivity contribution is 0.842. The van der Waals surface area contributed by atoms with Gasteiger partial charge in [0.2, 0.25) is 0 Å². The van der Waals surface area contributed by atoms with Crippen LogP contribution >= 0.6 is 22.9 Å². The Balaban J connectivity index is 0.000000257. The van der Waals surface area contributed by atoms with Crippen LogP contribution in [0.25, 0.3) is 17.2 Å². The maximum Gasteiger partial charge on any atom is 0.0444 e. The Labute approximate surface area is 171 Å². The third-order valence-corrected chi connectivity index (χ3v) is 6.83. The maximum absolute atomic E-state index is 6.38. The molecule has 27 heavy (non-hydrogen) atoms. The maximum atomic E-state index is 6.38. The molecule has 2 aromatic carbocycles. The second kappa shape index (κ2) is 8.04. The van der Waals surface area contributed by atoms with Crippen LogP contribution in [0.5, 0.6) is 0 Å². The summed E-state index contributed by atoms with van der Waals surface area (Å²) in [7, 11) is 0. The molecule has 2 aliphatic rings. The Morgan fingerprint density at radius 1 is 0.889 bits per heavy atom. The molecule has 0 fully saturated rings. The van der Waals surface area contributed by atoms with E-state index < -0.39 is 0 Å². The summed E-state index contributed by atoms with van der Waals surface area (Å²) in [6.07, 6.45) is 8.21. The molecule has 0 radical (unpaired) electrons. The number of allylic oxidation sites excluding steroid dienone is 1. The topological polar surface area (TPSA) is 0 Å². The van der Waals surface area contributed by atoms with E-state index in [0.717, 1.165) is 17.9 Å². The summed E-state index contributed by atoms with van der Waals surface area (Å²) < 4.78 is 0. The molecule has 1 heterocycles. The summed E-state index contributed by atoms with van der Waals surface area (Å²) in [5.74, 6) is 0. The molecular weight excluding hydrogens is 368 g/mol. The van der Waals surface area contributed by atoms with Crippen molar-refractivity contribution < 1.29 is 0 Å². The number of hydrogen-bond acceptors (Lipinski definition) is 1. The van der Waals surface area contributed by atoms with Gasteiger partial charge in [0.25, 0.3) is 0 Å². The predicted octanol–water partition coefficient (Wildman–Crippen LogP) is 7.90. The van der Waals surface area contributed by atoms with Gasteiger partial charge in [-0.2, -0.15) is 11.3 Å². The highest BCUT2D eigenvalue weighted by Gasteiger charge is 2.23. The van der Waals surface area contributed by atoms with Crippen LogP contribution < -0.4 is 0 Å². The summed E-state index contributed by atoms with van der Waals surface area (Å²) in [6, 6.07) is 13.0. The molecule has 3 aromatic rings. The quantitative estimate of drug-likeness (QED) is 0.394. The summed E-state index contributed by atoms with van der Waals surface area (Å²) in [5.41, 5.74) is 11.6. The van der Waals surface area contributed by atoms with E-state index in [0.29, 0.717) is 0 Å². The average molecular weight is 393 g/mol. The average Bonchev–Trinajstić information content (AvgIpc) is 3.18. The molecule has 0 amide bonds. The van der Waals surface area contributed by atoms with E-state index in [-0.39, 0.29) is 0 Å². The third kappa shape index (κ3) is 3.77. The second-order valence-electron chi connectivity index (χ2n) is 7.38. The molecule has 2 aliphatic carbocycles. The fourth-order valence-corrected chi connectivity index (χ4v) is 5.12. The molecular formula is C25H25ClS. The van der Waals surface area contributed by atoms with Crippen LogP contribution in [-0.4, -0.2) is 0 Å². The van der Waals surface area contributed by atoms with E-state index in [4.69, 9.17) is 11.6 Å². The molecule has 0 saturated heterocycles. The van der Waals surface area contributed by atoms with E-state index >= 15 is 0 Å². The first-order chi connectivity index (χ1) is 13.2. The Morgan fingerprint density at radius 3 is 2.37 bits per heavy atom. The summed E-state index contributed by atoms with van der Waals surface area (Å²) >= 11 is 8.12. The molecule has 1 aromatic heterocycles. The molecule has 0 atom stereocenters. The van der Waals surface area contributed by atoms with Crippen molar-refractivity contribution >= 4 is 29.0 Å². The van der Waals surface area contributed by atoms with E-state index in [1.54, 1.807) is 28.0 Å². The molecule has 0 saturated carbocycles.